The molecule has 3 rings (SSSR count). The number of allylic oxidation sites excluding steroid dienone is 1. The summed E-state index contributed by atoms with van der Waals surface area (Å²) in [5.74, 6) is -1.83. The van der Waals surface area contributed by atoms with Crippen molar-refractivity contribution in [1.29, 1.82) is 0 Å². The van der Waals surface area contributed by atoms with Gasteiger partial charge in [-0.3, -0.25) is 4.79 Å². The largest absolute Gasteiger partial charge is 0.461 e. The molecule has 2 aliphatic heterocycles. The van der Waals surface area contributed by atoms with Crippen LogP contribution in [0.3, 0.4) is 0 Å². The molecule has 0 aromatic rings. The van der Waals surface area contributed by atoms with E-state index in [2.05, 4.69) is 6.58 Å². The highest BCUT2D eigenvalue weighted by Gasteiger charge is 2.62. The Morgan fingerprint density at radius 2 is 2.07 bits per heavy atom. The fourth-order valence-corrected chi connectivity index (χ4v) is 3.97. The van der Waals surface area contributed by atoms with Crippen molar-refractivity contribution in [3.8, 4) is 0 Å². The number of aliphatic hydroxyl groups excluding tert-OH is 1. The van der Waals surface area contributed by atoms with Gasteiger partial charge in [0.15, 0.2) is 5.60 Å². The van der Waals surface area contributed by atoms with Crippen LogP contribution in [0.5, 0.6) is 0 Å². The van der Waals surface area contributed by atoms with Gasteiger partial charge in [-0.05, 0) is 32.3 Å². The maximum absolute atomic E-state index is 12.1. The summed E-state index contributed by atoms with van der Waals surface area (Å²) >= 11 is 0. The number of epoxide rings is 1. The van der Waals surface area contributed by atoms with Gasteiger partial charge in [-0.25, -0.2) is 9.59 Å². The second kappa shape index (κ2) is 8.73. The molecule has 0 bridgehead atoms. The molecule has 164 valence electrons. The lowest BCUT2D eigenvalue weighted by Crippen LogP contribution is -2.40. The Labute approximate surface area is 175 Å². The number of rotatable bonds is 5. The Morgan fingerprint density at radius 1 is 1.33 bits per heavy atom. The van der Waals surface area contributed by atoms with Crippen molar-refractivity contribution in [3.05, 3.63) is 35.5 Å². The molecular formula is C22H28O8. The predicted octanol–water partition coefficient (Wildman–Crippen LogP) is 1.77. The average molecular weight is 420 g/mol. The minimum atomic E-state index is -1.05. The number of aliphatic hydroxyl groups is 1. The molecule has 2 saturated heterocycles. The lowest BCUT2D eigenvalue weighted by molar-refractivity contribution is -0.142. The van der Waals surface area contributed by atoms with Crippen LogP contribution in [0.2, 0.25) is 0 Å². The molecule has 1 N–H and O–H groups in total. The molecule has 2 fully saturated rings. The second-order valence-electron chi connectivity index (χ2n) is 8.30. The maximum Gasteiger partial charge on any atom is 0.334 e. The summed E-state index contributed by atoms with van der Waals surface area (Å²) in [7, 11) is 0. The van der Waals surface area contributed by atoms with E-state index in [1.807, 2.05) is 6.08 Å². The first kappa shape index (κ1) is 22.2. The highest BCUT2D eigenvalue weighted by molar-refractivity contribution is 5.90. The van der Waals surface area contributed by atoms with Gasteiger partial charge in [0, 0.05) is 30.9 Å². The van der Waals surface area contributed by atoms with Crippen LogP contribution in [-0.4, -0.2) is 60.1 Å². The van der Waals surface area contributed by atoms with Crippen LogP contribution in [0.1, 0.15) is 40.0 Å². The van der Waals surface area contributed by atoms with Gasteiger partial charge in [-0.1, -0.05) is 18.2 Å². The van der Waals surface area contributed by atoms with E-state index < -0.39 is 41.6 Å². The predicted molar refractivity (Wildman–Crippen MR) is 105 cm³/mol. The first-order chi connectivity index (χ1) is 14.1. The fraction of sp³-hybridized carbons (Fsp3) is 0.591. The third-order valence-corrected chi connectivity index (χ3v) is 5.70. The molecule has 0 saturated carbocycles. The number of carbonyl (C=O) groups excluding carboxylic acids is 3. The monoisotopic (exact) mass is 420 g/mol. The van der Waals surface area contributed by atoms with Crippen LogP contribution in [0, 0.1) is 5.92 Å². The minimum absolute atomic E-state index is 0.0837. The van der Waals surface area contributed by atoms with Gasteiger partial charge >= 0.3 is 17.9 Å². The summed E-state index contributed by atoms with van der Waals surface area (Å²) in [6, 6.07) is 0. The number of hydrogen-bond acceptors (Lipinski definition) is 8. The smallest absolute Gasteiger partial charge is 0.334 e. The lowest BCUT2D eigenvalue weighted by Gasteiger charge is -2.26. The zero-order valence-corrected chi connectivity index (χ0v) is 17.5. The zero-order valence-electron chi connectivity index (χ0n) is 17.5. The number of hydrogen-bond donors (Lipinski definition) is 1. The summed E-state index contributed by atoms with van der Waals surface area (Å²) in [4.78, 5) is 35.3. The molecule has 1 aliphatic carbocycles. The number of ether oxygens (including phenoxy) is 4. The van der Waals surface area contributed by atoms with Crippen LogP contribution in [0.4, 0.5) is 0 Å². The maximum atomic E-state index is 12.1. The number of esters is 3. The first-order valence-electron chi connectivity index (χ1n) is 10.0. The van der Waals surface area contributed by atoms with Crippen molar-refractivity contribution in [3.63, 3.8) is 0 Å². The normalized spacial score (nSPS) is 32.7. The van der Waals surface area contributed by atoms with Gasteiger partial charge in [0.05, 0.1) is 12.2 Å². The SMILES string of the molecule is C=C1C(=O)OC2CC(COC(C)=O)=CCC3OC3(COC(=O)C=C(C)C)C(O)CC12. The van der Waals surface area contributed by atoms with E-state index in [0.717, 1.165) is 11.1 Å². The van der Waals surface area contributed by atoms with E-state index >= 15 is 0 Å². The molecule has 8 heteroatoms. The minimum Gasteiger partial charge on any atom is -0.461 e. The van der Waals surface area contributed by atoms with E-state index in [1.165, 1.54) is 13.0 Å². The molecule has 3 aliphatic rings. The van der Waals surface area contributed by atoms with Gasteiger partial charge in [0.2, 0.25) is 0 Å². The Morgan fingerprint density at radius 3 is 2.73 bits per heavy atom. The second-order valence-corrected chi connectivity index (χ2v) is 8.30. The first-order valence-corrected chi connectivity index (χ1v) is 10.0. The van der Waals surface area contributed by atoms with Crippen molar-refractivity contribution < 1.29 is 38.4 Å². The van der Waals surface area contributed by atoms with Gasteiger partial charge in [-0.2, -0.15) is 0 Å². The van der Waals surface area contributed by atoms with Crippen molar-refractivity contribution in [2.45, 2.75) is 63.9 Å². The summed E-state index contributed by atoms with van der Waals surface area (Å²) in [5.41, 5.74) is 0.837. The van der Waals surface area contributed by atoms with Crippen molar-refractivity contribution >= 4 is 17.9 Å². The van der Waals surface area contributed by atoms with Gasteiger partial charge in [0.1, 0.15) is 19.3 Å². The fourth-order valence-electron chi connectivity index (χ4n) is 3.97. The molecule has 0 aromatic carbocycles. The Kier molecular flexibility index (Phi) is 6.47. The molecule has 30 heavy (non-hydrogen) atoms. The van der Waals surface area contributed by atoms with Gasteiger partial charge in [0.25, 0.3) is 0 Å². The van der Waals surface area contributed by atoms with Gasteiger partial charge in [-0.15, -0.1) is 0 Å². The van der Waals surface area contributed by atoms with Gasteiger partial charge < -0.3 is 24.1 Å². The molecular weight excluding hydrogens is 392 g/mol. The van der Waals surface area contributed by atoms with E-state index in [-0.39, 0.29) is 25.7 Å². The summed E-state index contributed by atoms with van der Waals surface area (Å²) in [6.07, 6.45) is 2.42. The van der Waals surface area contributed by atoms with E-state index in [1.54, 1.807) is 13.8 Å². The molecule has 0 spiro atoms. The standard InChI is InChI=1S/C22H28O8/c1-12(2)7-20(25)28-11-22-18(24)9-16-13(3)21(26)29-17(16)8-15(10-27-14(4)23)5-6-19(22)30-22/h5,7,16-19,24H,3,6,8-11H2,1-2,4H3. The Hall–Kier alpha value is -2.45. The molecule has 0 radical (unpaired) electrons. The van der Waals surface area contributed by atoms with Crippen molar-refractivity contribution in [2.24, 2.45) is 5.92 Å². The van der Waals surface area contributed by atoms with E-state index in [9.17, 15) is 19.5 Å². The highest BCUT2D eigenvalue weighted by Crippen LogP contribution is 2.47. The molecule has 0 amide bonds. The van der Waals surface area contributed by atoms with E-state index in [4.69, 9.17) is 18.9 Å². The van der Waals surface area contributed by atoms with Crippen LogP contribution in [0.15, 0.2) is 35.5 Å². The highest BCUT2D eigenvalue weighted by atomic mass is 16.7. The topological polar surface area (TPSA) is 112 Å². The lowest BCUT2D eigenvalue weighted by atomic mass is 9.82. The quantitative estimate of drug-likeness (QED) is 0.235. The molecule has 5 atom stereocenters. The summed E-state index contributed by atoms with van der Waals surface area (Å²) in [6.45, 7) is 8.70. The molecule has 5 unspecified atom stereocenters. The third kappa shape index (κ3) is 4.82. The zero-order chi connectivity index (χ0) is 22.1. The van der Waals surface area contributed by atoms with Crippen LogP contribution >= 0.6 is 0 Å². The Bertz CT molecular complexity index is 806. The summed E-state index contributed by atoms with van der Waals surface area (Å²) in [5, 5.41) is 10.9. The van der Waals surface area contributed by atoms with Crippen LogP contribution < -0.4 is 0 Å². The van der Waals surface area contributed by atoms with Crippen molar-refractivity contribution in [2.75, 3.05) is 13.2 Å². The molecule has 0 aromatic heterocycles. The van der Waals surface area contributed by atoms with Crippen molar-refractivity contribution in [1.82, 2.24) is 0 Å². The number of carbonyl (C=O) groups is 3. The third-order valence-electron chi connectivity index (χ3n) is 5.70. The number of fused-ring (bicyclic) bond motifs is 2. The average Bonchev–Trinajstić information content (AvgIpc) is 3.32. The van der Waals surface area contributed by atoms with Crippen LogP contribution in [-0.2, 0) is 33.3 Å². The van der Waals surface area contributed by atoms with E-state index in [0.29, 0.717) is 18.4 Å². The molecule has 8 nitrogen and oxygen atoms in total. The summed E-state index contributed by atoms with van der Waals surface area (Å²) < 4.78 is 21.7. The molecule has 2 heterocycles. The Balaban J connectivity index is 1.81. The van der Waals surface area contributed by atoms with Crippen LogP contribution in [0.25, 0.3) is 0 Å².